The van der Waals surface area contributed by atoms with E-state index < -0.39 is 11.7 Å². The molecule has 27 heavy (non-hydrogen) atoms. The first-order valence-corrected chi connectivity index (χ1v) is 9.29. The molecule has 0 unspecified atom stereocenters. The molecule has 6 heteroatoms. The molecule has 0 fully saturated rings. The third kappa shape index (κ3) is 4.86. The van der Waals surface area contributed by atoms with Crippen molar-refractivity contribution in [1.82, 2.24) is 0 Å². The molecule has 0 saturated carbocycles. The number of hydrogen-bond acceptors (Lipinski definition) is 4. The maximum absolute atomic E-state index is 11.9. The topological polar surface area (TPSA) is 64.6 Å². The number of rotatable bonds is 4. The molecule has 3 rings (SSSR count). The second-order valence-electron chi connectivity index (χ2n) is 7.86. The van der Waals surface area contributed by atoms with Crippen LogP contribution in [0.2, 0.25) is 5.02 Å². The summed E-state index contributed by atoms with van der Waals surface area (Å²) in [6.45, 7) is 9.58. The first-order chi connectivity index (χ1) is 12.6. The molecule has 3 aromatic rings. The molecule has 0 atom stereocenters. The molecule has 144 valence electrons. The van der Waals surface area contributed by atoms with Crippen molar-refractivity contribution in [2.75, 3.05) is 5.32 Å². The lowest BCUT2D eigenvalue weighted by atomic mass is 10.1. The highest BCUT2D eigenvalue weighted by atomic mass is 35.5. The van der Waals surface area contributed by atoms with E-state index in [0.29, 0.717) is 23.1 Å². The van der Waals surface area contributed by atoms with Crippen LogP contribution in [0.4, 0.5) is 10.7 Å². The van der Waals surface area contributed by atoms with Crippen LogP contribution >= 0.6 is 11.6 Å². The van der Waals surface area contributed by atoms with Crippen LogP contribution in [0.5, 0.6) is 0 Å². The summed E-state index contributed by atoms with van der Waals surface area (Å²) in [4.78, 5) is 11.9. The third-order valence-corrected chi connectivity index (χ3v) is 4.11. The molecule has 1 aromatic carbocycles. The molecular weight excluding hydrogens is 366 g/mol. The lowest BCUT2D eigenvalue weighted by molar-refractivity contribution is 0.0632. The summed E-state index contributed by atoms with van der Waals surface area (Å²) in [6.07, 6.45) is -0.0564. The van der Waals surface area contributed by atoms with E-state index in [1.165, 1.54) is 0 Å². The Morgan fingerprint density at radius 3 is 2.59 bits per heavy atom. The van der Waals surface area contributed by atoms with Gasteiger partial charge in [-0.1, -0.05) is 25.4 Å². The number of carbonyl (C=O) groups excluding carboxylic acids is 1. The van der Waals surface area contributed by atoms with Crippen molar-refractivity contribution in [3.05, 3.63) is 52.4 Å². The van der Waals surface area contributed by atoms with Gasteiger partial charge in [-0.05, 0) is 45.0 Å². The van der Waals surface area contributed by atoms with Gasteiger partial charge in [0.2, 0.25) is 5.88 Å². The van der Waals surface area contributed by atoms with Crippen molar-refractivity contribution in [2.24, 2.45) is 0 Å². The van der Waals surface area contributed by atoms with Gasteiger partial charge in [-0.3, -0.25) is 5.32 Å². The predicted octanol–water partition coefficient (Wildman–Crippen LogP) is 6.74. The summed E-state index contributed by atoms with van der Waals surface area (Å²) in [5.41, 5.74) is 1.17. The Labute approximate surface area is 163 Å². The van der Waals surface area contributed by atoms with Crippen LogP contribution in [0.3, 0.4) is 0 Å². The Balaban J connectivity index is 1.80. The highest BCUT2D eigenvalue weighted by Crippen LogP contribution is 2.32. The van der Waals surface area contributed by atoms with Crippen LogP contribution in [-0.4, -0.2) is 11.7 Å². The zero-order chi connectivity index (χ0) is 19.8. The van der Waals surface area contributed by atoms with Crippen molar-refractivity contribution >= 4 is 34.5 Å². The van der Waals surface area contributed by atoms with Crippen LogP contribution in [0.25, 0.3) is 11.0 Å². The van der Waals surface area contributed by atoms with Gasteiger partial charge in [0.1, 0.15) is 22.7 Å². The van der Waals surface area contributed by atoms with E-state index in [0.717, 1.165) is 22.3 Å². The maximum atomic E-state index is 11.9. The zero-order valence-corrected chi connectivity index (χ0v) is 16.9. The highest BCUT2D eigenvalue weighted by Gasteiger charge is 2.18. The summed E-state index contributed by atoms with van der Waals surface area (Å²) in [6, 6.07) is 9.30. The Morgan fingerprint density at radius 2 is 1.93 bits per heavy atom. The molecule has 2 aromatic heterocycles. The number of carbonyl (C=O) groups is 1. The molecule has 1 amide bonds. The molecule has 2 heterocycles. The van der Waals surface area contributed by atoms with Crippen LogP contribution in [0, 0.1) is 0 Å². The number of benzene rings is 1. The van der Waals surface area contributed by atoms with Gasteiger partial charge in [0.25, 0.3) is 0 Å². The summed E-state index contributed by atoms with van der Waals surface area (Å²) < 4.78 is 17.0. The lowest BCUT2D eigenvalue weighted by Gasteiger charge is -2.18. The minimum Gasteiger partial charge on any atom is -0.461 e. The number of halogens is 1. The molecule has 0 aliphatic heterocycles. The fourth-order valence-electron chi connectivity index (χ4n) is 2.75. The molecular formula is C21H24ClNO4. The van der Waals surface area contributed by atoms with Crippen molar-refractivity contribution in [2.45, 2.75) is 52.6 Å². The Hall–Kier alpha value is -2.40. The van der Waals surface area contributed by atoms with Gasteiger partial charge in [0, 0.05) is 34.4 Å². The normalized spacial score (nSPS) is 12.0. The largest absolute Gasteiger partial charge is 0.461 e. The number of anilines is 1. The third-order valence-electron chi connectivity index (χ3n) is 3.90. The summed E-state index contributed by atoms with van der Waals surface area (Å²) in [5, 5.41) is 4.21. The van der Waals surface area contributed by atoms with Gasteiger partial charge >= 0.3 is 6.09 Å². The number of nitrogens with one attached hydrogen (secondary N) is 1. The average molecular weight is 390 g/mol. The van der Waals surface area contributed by atoms with E-state index >= 15 is 0 Å². The smallest absolute Gasteiger partial charge is 0.414 e. The molecule has 0 bridgehead atoms. The van der Waals surface area contributed by atoms with Gasteiger partial charge in [0.05, 0.1) is 0 Å². The Morgan fingerprint density at radius 1 is 1.19 bits per heavy atom. The minimum absolute atomic E-state index is 0.289. The molecule has 0 aliphatic carbocycles. The second-order valence-corrected chi connectivity index (χ2v) is 8.29. The SMILES string of the molecule is CC(C)c1cc2cc(Cl)cc(Cc3ccc(NC(=O)OC(C)(C)C)o3)c2o1. The van der Waals surface area contributed by atoms with E-state index in [2.05, 4.69) is 19.2 Å². The van der Waals surface area contributed by atoms with E-state index in [1.54, 1.807) is 26.8 Å². The second kappa shape index (κ2) is 7.31. The van der Waals surface area contributed by atoms with Crippen LogP contribution in [-0.2, 0) is 11.2 Å². The van der Waals surface area contributed by atoms with E-state index in [4.69, 9.17) is 25.2 Å². The van der Waals surface area contributed by atoms with Gasteiger partial charge in [-0.25, -0.2) is 4.79 Å². The average Bonchev–Trinajstić information content (AvgIpc) is 3.12. The Bertz CT molecular complexity index is 962. The van der Waals surface area contributed by atoms with E-state index in [1.807, 2.05) is 24.3 Å². The molecule has 0 aliphatic rings. The maximum Gasteiger partial charge on any atom is 0.414 e. The summed E-state index contributed by atoms with van der Waals surface area (Å²) >= 11 is 6.27. The fraction of sp³-hybridized carbons (Fsp3) is 0.381. The first-order valence-electron chi connectivity index (χ1n) is 8.91. The number of amides is 1. The quantitative estimate of drug-likeness (QED) is 0.536. The minimum atomic E-state index is -0.570. The predicted molar refractivity (Wildman–Crippen MR) is 107 cm³/mol. The van der Waals surface area contributed by atoms with Gasteiger partial charge in [0.15, 0.2) is 0 Å². The summed E-state index contributed by atoms with van der Waals surface area (Å²) in [7, 11) is 0. The molecule has 0 saturated heterocycles. The molecule has 5 nitrogen and oxygen atoms in total. The van der Waals surface area contributed by atoms with Gasteiger partial charge in [-0.15, -0.1) is 0 Å². The molecule has 1 N–H and O–H groups in total. The van der Waals surface area contributed by atoms with Crippen LogP contribution < -0.4 is 5.32 Å². The van der Waals surface area contributed by atoms with E-state index in [9.17, 15) is 4.79 Å². The van der Waals surface area contributed by atoms with Crippen molar-refractivity contribution < 1.29 is 18.4 Å². The molecule has 0 radical (unpaired) electrons. The number of ether oxygens (including phenoxy) is 1. The highest BCUT2D eigenvalue weighted by molar-refractivity contribution is 6.31. The van der Waals surface area contributed by atoms with Crippen LogP contribution in [0.1, 0.15) is 57.6 Å². The van der Waals surface area contributed by atoms with Crippen LogP contribution in [0.15, 0.2) is 39.2 Å². The van der Waals surface area contributed by atoms with Crippen molar-refractivity contribution in [1.29, 1.82) is 0 Å². The number of fused-ring (bicyclic) bond motifs is 1. The standard InChI is InChI=1S/C21H24ClNO4/c1-12(2)17-11-14-9-15(22)8-13(19(14)26-17)10-16-6-7-18(25-16)23-20(24)27-21(3,4)5/h6-9,11-12H,10H2,1-5H3,(H,23,24). The van der Waals surface area contributed by atoms with Crippen molar-refractivity contribution in [3.8, 4) is 0 Å². The summed E-state index contributed by atoms with van der Waals surface area (Å²) in [5.74, 6) is 2.23. The monoisotopic (exact) mass is 389 g/mol. The van der Waals surface area contributed by atoms with Gasteiger partial charge < -0.3 is 13.6 Å². The van der Waals surface area contributed by atoms with Gasteiger partial charge in [-0.2, -0.15) is 0 Å². The lowest BCUT2D eigenvalue weighted by Crippen LogP contribution is -2.27. The Kier molecular flexibility index (Phi) is 5.24. The van der Waals surface area contributed by atoms with E-state index in [-0.39, 0.29) is 5.92 Å². The fourth-order valence-corrected chi connectivity index (χ4v) is 3.00. The first kappa shape index (κ1) is 19.4. The zero-order valence-electron chi connectivity index (χ0n) is 16.2. The molecule has 0 spiro atoms. The van der Waals surface area contributed by atoms with Crippen molar-refractivity contribution in [3.63, 3.8) is 0 Å². The number of hydrogen-bond donors (Lipinski definition) is 1. The number of furan rings is 2.